The van der Waals surface area contributed by atoms with Crippen LogP contribution in [0.2, 0.25) is 0 Å². The topological polar surface area (TPSA) is 69.6 Å². The molecule has 0 aliphatic carbocycles. The molecular weight excluding hydrogens is 366 g/mol. The predicted molar refractivity (Wildman–Crippen MR) is 113 cm³/mol. The fourth-order valence-corrected chi connectivity index (χ4v) is 4.07. The summed E-state index contributed by atoms with van der Waals surface area (Å²) in [5.41, 5.74) is 3.55. The summed E-state index contributed by atoms with van der Waals surface area (Å²) in [7, 11) is 0. The molecule has 3 rings (SSSR count). The van der Waals surface area contributed by atoms with Crippen LogP contribution >= 0.6 is 11.3 Å². The number of nitrogens with zero attached hydrogens (tertiary/aromatic N) is 3. The van der Waals surface area contributed by atoms with Crippen molar-refractivity contribution in [2.75, 3.05) is 0 Å². The molecule has 5 heteroatoms. The van der Waals surface area contributed by atoms with Crippen LogP contribution in [0.1, 0.15) is 30.5 Å². The van der Waals surface area contributed by atoms with E-state index in [0.29, 0.717) is 14.9 Å². The molecule has 138 valence electrons. The van der Waals surface area contributed by atoms with E-state index < -0.39 is 0 Å². The lowest BCUT2D eigenvalue weighted by atomic mass is 10.1. The third kappa shape index (κ3) is 3.67. The minimum absolute atomic E-state index is 0.0611. The normalized spacial score (nSPS) is 11.1. The highest BCUT2D eigenvalue weighted by Crippen LogP contribution is 2.12. The molecule has 1 aromatic heterocycles. The number of thiazole rings is 1. The van der Waals surface area contributed by atoms with Gasteiger partial charge in [-0.15, -0.1) is 11.3 Å². The lowest BCUT2D eigenvalue weighted by molar-refractivity contribution is 0.953. The van der Waals surface area contributed by atoms with Crippen molar-refractivity contribution in [2.24, 2.45) is 0 Å². The molecular formula is C23H19N3OS. The van der Waals surface area contributed by atoms with Crippen LogP contribution in [0.4, 0.5) is 0 Å². The Morgan fingerprint density at radius 3 is 2.32 bits per heavy atom. The van der Waals surface area contributed by atoms with E-state index >= 15 is 0 Å². The maximum absolute atomic E-state index is 13.2. The van der Waals surface area contributed by atoms with Crippen molar-refractivity contribution < 1.29 is 0 Å². The highest BCUT2D eigenvalue weighted by atomic mass is 32.1. The lowest BCUT2D eigenvalue weighted by Gasteiger charge is -2.08. The van der Waals surface area contributed by atoms with Crippen molar-refractivity contribution in [3.63, 3.8) is 0 Å². The molecule has 0 atom stereocenters. The average Bonchev–Trinajstić information content (AvgIpc) is 3.05. The van der Waals surface area contributed by atoms with Crippen LogP contribution in [0.3, 0.4) is 0 Å². The number of rotatable bonds is 4. The van der Waals surface area contributed by atoms with E-state index in [0.717, 1.165) is 24.0 Å². The van der Waals surface area contributed by atoms with Gasteiger partial charge in [0.25, 0.3) is 5.56 Å². The number of hydrogen-bond donors (Lipinski definition) is 0. The number of para-hydroxylation sites is 1. The Bertz CT molecular complexity index is 1250. The van der Waals surface area contributed by atoms with Crippen LogP contribution in [-0.2, 0) is 12.8 Å². The van der Waals surface area contributed by atoms with Gasteiger partial charge in [-0.2, -0.15) is 10.5 Å². The van der Waals surface area contributed by atoms with Gasteiger partial charge in [0.15, 0.2) is 5.57 Å². The second-order valence-corrected chi connectivity index (χ2v) is 7.26. The summed E-state index contributed by atoms with van der Waals surface area (Å²) >= 11 is 1.18. The molecule has 0 saturated carbocycles. The van der Waals surface area contributed by atoms with Gasteiger partial charge < -0.3 is 0 Å². The second-order valence-electron chi connectivity index (χ2n) is 6.23. The van der Waals surface area contributed by atoms with Gasteiger partial charge in [-0.05, 0) is 41.7 Å². The third-order valence-electron chi connectivity index (χ3n) is 4.56. The predicted octanol–water partition coefficient (Wildman–Crippen LogP) is 3.05. The maximum atomic E-state index is 13.2. The quantitative estimate of drug-likeness (QED) is 0.693. The third-order valence-corrected chi connectivity index (χ3v) is 5.65. The van der Waals surface area contributed by atoms with Crippen LogP contribution in [0.15, 0.2) is 53.3 Å². The molecule has 0 spiro atoms. The van der Waals surface area contributed by atoms with E-state index in [1.165, 1.54) is 21.5 Å². The zero-order valence-corrected chi connectivity index (χ0v) is 16.6. The largest absolute Gasteiger partial charge is 0.273 e. The Labute approximate surface area is 167 Å². The summed E-state index contributed by atoms with van der Waals surface area (Å²) in [6.45, 7) is 4.10. The van der Waals surface area contributed by atoms with E-state index in [-0.39, 0.29) is 11.1 Å². The van der Waals surface area contributed by atoms with Gasteiger partial charge in [0.2, 0.25) is 0 Å². The zero-order valence-electron chi connectivity index (χ0n) is 15.8. The molecule has 0 bridgehead atoms. The van der Waals surface area contributed by atoms with Gasteiger partial charge in [-0.1, -0.05) is 56.3 Å². The Morgan fingerprint density at radius 2 is 1.71 bits per heavy atom. The summed E-state index contributed by atoms with van der Waals surface area (Å²) in [6, 6.07) is 19.4. The Morgan fingerprint density at radius 1 is 1.04 bits per heavy atom. The molecule has 0 saturated heterocycles. The first-order valence-electron chi connectivity index (χ1n) is 9.08. The number of nitriles is 2. The molecule has 4 nitrogen and oxygen atoms in total. The van der Waals surface area contributed by atoms with Crippen molar-refractivity contribution in [1.82, 2.24) is 4.57 Å². The van der Waals surface area contributed by atoms with E-state index in [2.05, 4.69) is 6.92 Å². The summed E-state index contributed by atoms with van der Waals surface area (Å²) in [5.74, 6) is 0. The van der Waals surface area contributed by atoms with Crippen molar-refractivity contribution in [1.29, 1.82) is 10.5 Å². The molecule has 3 aromatic rings. The van der Waals surface area contributed by atoms with Gasteiger partial charge in [-0.3, -0.25) is 9.36 Å². The molecule has 0 radical (unpaired) electrons. The first kappa shape index (κ1) is 19.4. The van der Waals surface area contributed by atoms with Gasteiger partial charge in [0.1, 0.15) is 16.8 Å². The van der Waals surface area contributed by atoms with Crippen molar-refractivity contribution >= 4 is 23.0 Å². The molecule has 1 heterocycles. The van der Waals surface area contributed by atoms with E-state index in [9.17, 15) is 15.3 Å². The van der Waals surface area contributed by atoms with Crippen molar-refractivity contribution in [3.8, 4) is 17.8 Å². The van der Waals surface area contributed by atoms with E-state index in [1.54, 1.807) is 0 Å². The lowest BCUT2D eigenvalue weighted by Crippen LogP contribution is -2.31. The molecule has 0 amide bonds. The van der Waals surface area contributed by atoms with Crippen LogP contribution in [0, 0.1) is 22.7 Å². The highest BCUT2D eigenvalue weighted by molar-refractivity contribution is 7.07. The smallest absolute Gasteiger partial charge is 0.267 e. The maximum Gasteiger partial charge on any atom is 0.273 e. The molecule has 2 aromatic carbocycles. The van der Waals surface area contributed by atoms with Crippen molar-refractivity contribution in [2.45, 2.75) is 26.7 Å². The summed E-state index contributed by atoms with van der Waals surface area (Å²) in [4.78, 5) is 13.2. The Balaban J connectivity index is 2.36. The van der Waals surface area contributed by atoms with Crippen LogP contribution in [0.5, 0.6) is 0 Å². The average molecular weight is 385 g/mol. The summed E-state index contributed by atoms with van der Waals surface area (Å²) in [6.07, 6.45) is 3.50. The highest BCUT2D eigenvalue weighted by Gasteiger charge is 2.13. The molecule has 0 fully saturated rings. The Kier molecular flexibility index (Phi) is 5.89. The first-order valence-corrected chi connectivity index (χ1v) is 9.89. The molecule has 0 N–H and O–H groups in total. The number of hydrogen-bond acceptors (Lipinski definition) is 4. The molecule has 28 heavy (non-hydrogen) atoms. The first-order chi connectivity index (χ1) is 13.6. The summed E-state index contributed by atoms with van der Waals surface area (Å²) < 4.78 is 2.36. The van der Waals surface area contributed by atoms with E-state index in [1.807, 2.05) is 73.7 Å². The van der Waals surface area contributed by atoms with E-state index in [4.69, 9.17) is 0 Å². The fraction of sp³-hybridized carbons (Fsp3) is 0.174. The minimum atomic E-state index is -0.219. The standard InChI is InChI=1S/C23H19N3OS/c1-3-16-9-11-17(12-10-16)13-21-22(27)26(23(28-21)19(14-24)15-25)20-8-6-5-7-18(20)4-2/h5-13H,3-4H2,1-2H3/b21-13-. The van der Waals surface area contributed by atoms with Gasteiger partial charge in [0.05, 0.1) is 10.2 Å². The van der Waals surface area contributed by atoms with Crippen LogP contribution < -0.4 is 14.8 Å². The second kappa shape index (κ2) is 8.52. The molecule has 0 unspecified atom stereocenters. The zero-order chi connectivity index (χ0) is 20.1. The van der Waals surface area contributed by atoms with Crippen molar-refractivity contribution in [3.05, 3.63) is 84.8 Å². The monoisotopic (exact) mass is 385 g/mol. The number of benzene rings is 2. The molecule has 0 aliphatic heterocycles. The SMILES string of the molecule is CCc1ccc(/C=c2\sc(=C(C#N)C#N)n(-c3ccccc3CC)c2=O)cc1. The summed E-state index contributed by atoms with van der Waals surface area (Å²) in [5, 5.41) is 18.8. The van der Waals surface area contributed by atoms with Crippen LogP contribution in [-0.4, -0.2) is 4.57 Å². The fourth-order valence-electron chi connectivity index (χ4n) is 3.02. The van der Waals surface area contributed by atoms with Gasteiger partial charge >= 0.3 is 0 Å². The number of aryl methyl sites for hydroxylation is 2. The van der Waals surface area contributed by atoms with Crippen LogP contribution in [0.25, 0.3) is 17.3 Å². The van der Waals surface area contributed by atoms with Gasteiger partial charge in [-0.25, -0.2) is 0 Å². The minimum Gasteiger partial charge on any atom is -0.267 e. The van der Waals surface area contributed by atoms with Gasteiger partial charge in [0, 0.05) is 0 Å². The molecule has 0 aliphatic rings. The Hall–Kier alpha value is -3.41. The number of aromatic nitrogens is 1.